The first-order valence-electron chi connectivity index (χ1n) is 11.2. The van der Waals surface area contributed by atoms with Gasteiger partial charge in [0.25, 0.3) is 0 Å². The number of ether oxygens (including phenoxy) is 2. The van der Waals surface area contributed by atoms with Crippen LogP contribution in [0.15, 0.2) is 12.4 Å². The first-order chi connectivity index (χ1) is 16.3. The third-order valence-electron chi connectivity index (χ3n) is 5.35. The minimum Gasteiger partial charge on any atom is -0.458 e. The van der Waals surface area contributed by atoms with Crippen LogP contribution in [0.25, 0.3) is 0 Å². The summed E-state index contributed by atoms with van der Waals surface area (Å²) >= 11 is 0. The quantitative estimate of drug-likeness (QED) is 0.317. The van der Waals surface area contributed by atoms with E-state index in [4.69, 9.17) is 9.47 Å². The summed E-state index contributed by atoms with van der Waals surface area (Å²) in [6, 6.07) is -0.379. The van der Waals surface area contributed by atoms with Crippen molar-refractivity contribution >= 4 is 23.5 Å². The summed E-state index contributed by atoms with van der Waals surface area (Å²) in [7, 11) is 0. The molecule has 184 valence electrons. The smallest absolute Gasteiger partial charge is 0.323 e. The van der Waals surface area contributed by atoms with E-state index in [2.05, 4.69) is 30.6 Å². The monoisotopic (exact) mass is 474 g/mol. The number of aromatic amines is 2. The molecule has 12 heteroatoms. The van der Waals surface area contributed by atoms with E-state index in [1.807, 2.05) is 0 Å². The number of ketones is 2. The molecule has 2 aromatic rings. The lowest BCUT2D eigenvalue weighted by Crippen LogP contribution is -2.32. The Hall–Kier alpha value is -3.38. The molecule has 4 N–H and O–H groups in total. The molecule has 2 aliphatic heterocycles. The SMILES string of the molecule is CC(=O)c1ncc(COC(=O)[C@@H]2CCCN2)[nH]1.CC(=O)c1ncc(COC(=O)[C@@H]2CCCN2)[nH]1. The van der Waals surface area contributed by atoms with E-state index in [9.17, 15) is 19.2 Å². The number of esters is 2. The summed E-state index contributed by atoms with van der Waals surface area (Å²) in [5, 5.41) is 6.12. The molecule has 2 aromatic heterocycles. The maximum absolute atomic E-state index is 11.6. The van der Waals surface area contributed by atoms with Gasteiger partial charge in [0.05, 0.1) is 23.8 Å². The van der Waals surface area contributed by atoms with E-state index in [0.29, 0.717) is 11.4 Å². The molecule has 0 amide bonds. The molecule has 2 atom stereocenters. The van der Waals surface area contributed by atoms with Gasteiger partial charge in [0.1, 0.15) is 25.3 Å². The van der Waals surface area contributed by atoms with E-state index in [1.165, 1.54) is 26.2 Å². The van der Waals surface area contributed by atoms with Crippen LogP contribution in [0, 0.1) is 0 Å². The molecule has 0 radical (unpaired) electrons. The predicted molar refractivity (Wildman–Crippen MR) is 119 cm³/mol. The van der Waals surface area contributed by atoms with Gasteiger partial charge in [-0.1, -0.05) is 0 Å². The van der Waals surface area contributed by atoms with Gasteiger partial charge in [-0.3, -0.25) is 19.2 Å². The number of hydrogen-bond acceptors (Lipinski definition) is 10. The Morgan fingerprint density at radius 3 is 1.50 bits per heavy atom. The van der Waals surface area contributed by atoms with Gasteiger partial charge in [-0.15, -0.1) is 0 Å². The number of H-pyrrole nitrogens is 2. The molecule has 2 saturated heterocycles. The maximum Gasteiger partial charge on any atom is 0.323 e. The van der Waals surface area contributed by atoms with Crippen molar-refractivity contribution in [2.75, 3.05) is 13.1 Å². The number of nitrogens with one attached hydrogen (secondary N) is 4. The Balaban J connectivity index is 0.000000191. The van der Waals surface area contributed by atoms with Crippen molar-refractivity contribution in [2.24, 2.45) is 0 Å². The average Bonchev–Trinajstić information content (AvgIpc) is 3.64. The fourth-order valence-electron chi connectivity index (χ4n) is 3.49. The highest BCUT2D eigenvalue weighted by molar-refractivity contribution is 5.90. The number of carbonyl (C=O) groups excluding carboxylic acids is 4. The van der Waals surface area contributed by atoms with Gasteiger partial charge in [-0.25, -0.2) is 9.97 Å². The van der Waals surface area contributed by atoms with Crippen LogP contribution in [0.1, 0.15) is 72.2 Å². The average molecular weight is 475 g/mol. The number of Topliss-reactive ketones (excluding diaryl/α,β-unsaturated/α-hetero) is 2. The lowest BCUT2D eigenvalue weighted by molar-refractivity contribution is -0.148. The van der Waals surface area contributed by atoms with Gasteiger partial charge in [0.15, 0.2) is 23.2 Å². The van der Waals surface area contributed by atoms with E-state index < -0.39 is 0 Å². The van der Waals surface area contributed by atoms with Gasteiger partial charge in [0, 0.05) is 13.8 Å². The van der Waals surface area contributed by atoms with E-state index in [0.717, 1.165) is 38.8 Å². The van der Waals surface area contributed by atoms with E-state index in [-0.39, 0.29) is 60.5 Å². The summed E-state index contributed by atoms with van der Waals surface area (Å²) in [6.45, 7) is 4.82. The number of imidazole rings is 2. The second-order valence-electron chi connectivity index (χ2n) is 8.14. The molecule has 0 bridgehead atoms. The Kier molecular flexibility index (Phi) is 9.05. The van der Waals surface area contributed by atoms with Crippen LogP contribution in [0.4, 0.5) is 0 Å². The Labute approximate surface area is 196 Å². The Bertz CT molecular complexity index is 923. The molecule has 0 spiro atoms. The fraction of sp³-hybridized carbons (Fsp3) is 0.545. The lowest BCUT2D eigenvalue weighted by atomic mass is 10.2. The summed E-state index contributed by atoms with van der Waals surface area (Å²) in [5.41, 5.74) is 1.25. The van der Waals surface area contributed by atoms with E-state index in [1.54, 1.807) is 0 Å². The summed E-state index contributed by atoms with van der Waals surface area (Å²) in [5.74, 6) is -0.201. The zero-order chi connectivity index (χ0) is 24.5. The molecule has 34 heavy (non-hydrogen) atoms. The van der Waals surface area contributed by atoms with Crippen LogP contribution in [-0.4, -0.2) is 68.6 Å². The molecule has 0 saturated carbocycles. The number of rotatable bonds is 8. The minimum absolute atomic E-state index is 0.122. The largest absolute Gasteiger partial charge is 0.458 e. The second-order valence-corrected chi connectivity index (χ2v) is 8.14. The first kappa shape index (κ1) is 25.2. The molecular weight excluding hydrogens is 444 g/mol. The van der Waals surface area contributed by atoms with Crippen molar-refractivity contribution in [3.8, 4) is 0 Å². The van der Waals surface area contributed by atoms with Crippen molar-refractivity contribution in [1.29, 1.82) is 0 Å². The number of aromatic nitrogens is 4. The molecule has 2 fully saturated rings. The highest BCUT2D eigenvalue weighted by Crippen LogP contribution is 2.09. The van der Waals surface area contributed by atoms with Gasteiger partial charge >= 0.3 is 11.9 Å². The van der Waals surface area contributed by atoms with Crippen molar-refractivity contribution in [3.05, 3.63) is 35.4 Å². The van der Waals surface area contributed by atoms with Crippen molar-refractivity contribution in [2.45, 2.75) is 64.8 Å². The second kappa shape index (κ2) is 12.2. The van der Waals surface area contributed by atoms with Crippen molar-refractivity contribution in [3.63, 3.8) is 0 Å². The van der Waals surface area contributed by atoms with Crippen LogP contribution in [-0.2, 0) is 32.3 Å². The Morgan fingerprint density at radius 2 is 1.21 bits per heavy atom. The van der Waals surface area contributed by atoms with Crippen molar-refractivity contribution in [1.82, 2.24) is 30.6 Å². The normalized spacial score (nSPS) is 19.2. The zero-order valence-corrected chi connectivity index (χ0v) is 19.3. The van der Waals surface area contributed by atoms with Crippen LogP contribution in [0.2, 0.25) is 0 Å². The summed E-state index contributed by atoms with van der Waals surface area (Å²) in [4.78, 5) is 58.5. The Morgan fingerprint density at radius 1 is 0.794 bits per heavy atom. The standard InChI is InChI=1S/2C11H15N3O3/c2*1-7(15)10-13-5-8(14-10)6-17-11(16)9-3-2-4-12-9/h2*5,9,12H,2-4,6H2,1H3,(H,13,14)/t2*9-/m00/s1. The van der Waals surface area contributed by atoms with Gasteiger partial charge in [0.2, 0.25) is 0 Å². The van der Waals surface area contributed by atoms with E-state index >= 15 is 0 Å². The topological polar surface area (TPSA) is 168 Å². The maximum atomic E-state index is 11.6. The molecule has 0 aromatic carbocycles. The molecule has 4 heterocycles. The van der Waals surface area contributed by atoms with Crippen LogP contribution in [0.3, 0.4) is 0 Å². The summed E-state index contributed by atoms with van der Waals surface area (Å²) < 4.78 is 10.2. The highest BCUT2D eigenvalue weighted by atomic mass is 16.5. The van der Waals surface area contributed by atoms with Gasteiger partial charge in [-0.2, -0.15) is 0 Å². The summed E-state index contributed by atoms with van der Waals surface area (Å²) in [6.07, 6.45) is 6.65. The number of carbonyl (C=O) groups is 4. The van der Waals surface area contributed by atoms with Crippen molar-refractivity contribution < 1.29 is 28.7 Å². The third-order valence-corrected chi connectivity index (χ3v) is 5.35. The molecule has 0 unspecified atom stereocenters. The highest BCUT2D eigenvalue weighted by Gasteiger charge is 2.24. The molecule has 0 aliphatic carbocycles. The van der Waals surface area contributed by atoms with Gasteiger partial charge < -0.3 is 30.1 Å². The third kappa shape index (κ3) is 7.32. The lowest BCUT2D eigenvalue weighted by Gasteiger charge is -2.08. The van der Waals surface area contributed by atoms with Crippen LogP contribution in [0.5, 0.6) is 0 Å². The first-order valence-corrected chi connectivity index (χ1v) is 11.2. The minimum atomic E-state index is -0.249. The predicted octanol–water partition coefficient (Wildman–Crippen LogP) is 0.815. The number of nitrogens with zero attached hydrogens (tertiary/aromatic N) is 2. The molecule has 12 nitrogen and oxygen atoms in total. The zero-order valence-electron chi connectivity index (χ0n) is 19.3. The van der Waals surface area contributed by atoms with Gasteiger partial charge in [-0.05, 0) is 38.8 Å². The fourth-order valence-corrected chi connectivity index (χ4v) is 3.49. The molecule has 2 aliphatic rings. The number of hydrogen-bond donors (Lipinski definition) is 4. The van der Waals surface area contributed by atoms with Crippen LogP contribution >= 0.6 is 0 Å². The molecular formula is C22H30N6O6. The molecule has 4 rings (SSSR count). The van der Waals surface area contributed by atoms with Crippen LogP contribution < -0.4 is 10.6 Å².